The molecule has 2 rings (SSSR count). The first-order valence-corrected chi connectivity index (χ1v) is 5.28. The van der Waals surface area contributed by atoms with Gasteiger partial charge in [-0.1, -0.05) is 0 Å². The monoisotopic (exact) mass is 242 g/mol. The van der Waals surface area contributed by atoms with E-state index in [0.29, 0.717) is 6.61 Å². The van der Waals surface area contributed by atoms with Crippen LogP contribution < -0.4 is 10.2 Å². The number of hydrogen-bond donors (Lipinski definition) is 0. The zero-order valence-corrected chi connectivity index (χ0v) is 10.2. The van der Waals surface area contributed by atoms with Crippen LogP contribution in [0.5, 0.6) is 5.75 Å². The molecule has 0 aliphatic heterocycles. The summed E-state index contributed by atoms with van der Waals surface area (Å²) in [5, 5.41) is 0. The smallest absolute Gasteiger partial charge is 0.870 e. The molecule has 0 aromatic heterocycles. The van der Waals surface area contributed by atoms with E-state index in [1.54, 1.807) is 0 Å². The summed E-state index contributed by atoms with van der Waals surface area (Å²) in [4.78, 5) is 0. The summed E-state index contributed by atoms with van der Waals surface area (Å²) in [6, 6.07) is 15.7. The molecule has 0 saturated heterocycles. The van der Waals surface area contributed by atoms with Crippen molar-refractivity contribution in [1.82, 2.24) is 0 Å². The Kier molecular flexibility index (Phi) is 6.79. The molecule has 0 radical (unpaired) electrons. The van der Waals surface area contributed by atoms with Crippen molar-refractivity contribution in [1.29, 1.82) is 0 Å². The molecule has 2 aromatic carbocycles. The van der Waals surface area contributed by atoms with Crippen LogP contribution in [0.1, 0.15) is 11.1 Å². The second-order valence-corrected chi connectivity index (χ2v) is 3.85. The van der Waals surface area contributed by atoms with Gasteiger partial charge in [0.25, 0.3) is 0 Å². The molecule has 0 aliphatic carbocycles. The second-order valence-electron chi connectivity index (χ2n) is 3.85. The first-order chi connectivity index (χ1) is 7.74. The fraction of sp³-hybridized carbons (Fsp3) is 0.143. The Morgan fingerprint density at radius 1 is 1.00 bits per heavy atom. The predicted molar refractivity (Wildman–Crippen MR) is 71.2 cm³/mol. The normalized spacial score (nSPS) is 9.06. The van der Waals surface area contributed by atoms with E-state index in [1.807, 2.05) is 30.3 Å². The maximum Gasteiger partial charge on any atom is -0.870 e. The molecular formula is C14H15BO3. The van der Waals surface area contributed by atoms with Gasteiger partial charge in [-0.05, 0) is 0 Å². The minimum absolute atomic E-state index is 0. The van der Waals surface area contributed by atoms with Crippen molar-refractivity contribution in [2.24, 2.45) is 0 Å². The molecule has 0 amide bonds. The first kappa shape index (κ1) is 16.2. The summed E-state index contributed by atoms with van der Waals surface area (Å²) in [6.45, 7) is 2.66. The van der Waals surface area contributed by atoms with Gasteiger partial charge >= 0.3 is 97.0 Å². The number of rotatable bonds is 3. The van der Waals surface area contributed by atoms with E-state index in [0.717, 1.165) is 11.2 Å². The van der Waals surface area contributed by atoms with Crippen molar-refractivity contribution in [3.63, 3.8) is 0 Å². The van der Waals surface area contributed by atoms with Gasteiger partial charge < -0.3 is 11.0 Å². The van der Waals surface area contributed by atoms with E-state index in [4.69, 9.17) is 12.6 Å². The molecule has 0 fully saturated rings. The third kappa shape index (κ3) is 4.61. The van der Waals surface area contributed by atoms with Crippen LogP contribution in [-0.2, 0) is 6.61 Å². The Hall–Kier alpha value is -1.78. The number of benzene rings is 2. The summed E-state index contributed by atoms with van der Waals surface area (Å²) in [7, 11) is 5.60. The van der Waals surface area contributed by atoms with E-state index in [2.05, 4.69) is 25.1 Å². The van der Waals surface area contributed by atoms with Gasteiger partial charge in [0.2, 0.25) is 0 Å². The van der Waals surface area contributed by atoms with Crippen molar-refractivity contribution in [3.05, 3.63) is 59.7 Å². The van der Waals surface area contributed by atoms with E-state index >= 15 is 0 Å². The Balaban J connectivity index is 0.00000144. The fourth-order valence-electron chi connectivity index (χ4n) is 1.53. The predicted octanol–water partition coefficient (Wildman–Crippen LogP) is 2.01. The van der Waals surface area contributed by atoms with Gasteiger partial charge in [0.1, 0.15) is 0 Å². The Morgan fingerprint density at radius 3 is 2.28 bits per heavy atom. The second kappa shape index (κ2) is 7.53. The van der Waals surface area contributed by atoms with E-state index < -0.39 is 0 Å². The summed E-state index contributed by atoms with van der Waals surface area (Å²) >= 11 is 0. The van der Waals surface area contributed by atoms with Gasteiger partial charge in [0.15, 0.2) is 0 Å². The van der Waals surface area contributed by atoms with Crippen molar-refractivity contribution in [2.75, 3.05) is 0 Å². The molecule has 18 heavy (non-hydrogen) atoms. The molecule has 0 spiro atoms. The van der Waals surface area contributed by atoms with Crippen LogP contribution in [0.2, 0.25) is 0 Å². The van der Waals surface area contributed by atoms with Crippen LogP contribution in [0.4, 0.5) is 0 Å². The van der Waals surface area contributed by atoms with Crippen LogP contribution in [-0.4, -0.2) is 18.8 Å². The Labute approximate surface area is 108 Å². The number of hydrogen-bond acceptors (Lipinski definition) is 3. The number of aryl methyl sites for hydroxylation is 1. The molecule has 92 valence electrons. The van der Waals surface area contributed by atoms with E-state index in [1.165, 1.54) is 11.1 Å². The quantitative estimate of drug-likeness (QED) is 0.773. The Morgan fingerprint density at radius 2 is 1.67 bits per heavy atom. The third-order valence-electron chi connectivity index (χ3n) is 2.37. The molecule has 0 heterocycles. The van der Waals surface area contributed by atoms with Crippen LogP contribution in [0.25, 0.3) is 0 Å². The standard InChI is InChI=1S/C14H13BO.2H2O/c1-11-3-2-4-12(9-11)10-16-14-7-5-13(15)6-8-14;;/h2-9H,10H2,1H3;2*1H2/q+2;;/p-2. The molecule has 0 saturated carbocycles. The minimum atomic E-state index is 0. The van der Waals surface area contributed by atoms with Crippen molar-refractivity contribution in [2.45, 2.75) is 13.5 Å². The molecule has 0 bridgehead atoms. The third-order valence-corrected chi connectivity index (χ3v) is 2.37. The summed E-state index contributed by atoms with van der Waals surface area (Å²) in [5.41, 5.74) is 3.18. The summed E-state index contributed by atoms with van der Waals surface area (Å²) in [5.74, 6) is 0.843. The summed E-state index contributed by atoms with van der Waals surface area (Å²) in [6.07, 6.45) is 0. The van der Waals surface area contributed by atoms with Gasteiger partial charge in [-0.3, -0.25) is 0 Å². The van der Waals surface area contributed by atoms with Crippen molar-refractivity contribution in [3.8, 4) is 5.75 Å². The van der Waals surface area contributed by atoms with Crippen LogP contribution >= 0.6 is 0 Å². The van der Waals surface area contributed by atoms with Gasteiger partial charge in [-0.2, -0.15) is 0 Å². The van der Waals surface area contributed by atoms with Gasteiger partial charge in [-0.15, -0.1) is 0 Å². The minimum Gasteiger partial charge on any atom is -0.870 e. The first-order valence-electron chi connectivity index (χ1n) is 5.28. The van der Waals surface area contributed by atoms with Crippen molar-refractivity contribution < 1.29 is 15.7 Å². The van der Waals surface area contributed by atoms with Gasteiger partial charge in [0.05, 0.1) is 0 Å². The molecular weight excluding hydrogens is 227 g/mol. The fourth-order valence-corrected chi connectivity index (χ4v) is 1.53. The molecule has 2 aromatic rings. The zero-order valence-electron chi connectivity index (χ0n) is 10.2. The van der Waals surface area contributed by atoms with Gasteiger partial charge in [0, 0.05) is 0 Å². The van der Waals surface area contributed by atoms with Crippen LogP contribution in [0.15, 0.2) is 48.5 Å². The molecule has 0 aliphatic rings. The van der Waals surface area contributed by atoms with E-state index in [-0.39, 0.29) is 11.0 Å². The maximum absolute atomic E-state index is 5.65. The van der Waals surface area contributed by atoms with Gasteiger partial charge in [-0.25, -0.2) is 0 Å². The molecule has 0 atom stereocenters. The van der Waals surface area contributed by atoms with Crippen LogP contribution in [0.3, 0.4) is 0 Å². The molecule has 2 N–H and O–H groups in total. The maximum atomic E-state index is 5.65. The van der Waals surface area contributed by atoms with Crippen molar-refractivity contribution >= 4 is 13.3 Å². The number of ether oxygens (including phenoxy) is 1. The molecule has 0 unspecified atom stereocenters. The zero-order chi connectivity index (χ0) is 11.4. The molecule has 3 nitrogen and oxygen atoms in total. The SMILES string of the molecule is [B+2]c1ccc(OCc2cccc(C)c2)cc1.[OH-].[OH-]. The van der Waals surface area contributed by atoms with Crippen LogP contribution in [0, 0.1) is 6.92 Å². The topological polar surface area (TPSA) is 69.2 Å². The Bertz CT molecular complexity index is 469. The average molecular weight is 242 g/mol. The largest absolute Gasteiger partial charge is 0.870 e. The summed E-state index contributed by atoms with van der Waals surface area (Å²) < 4.78 is 5.65. The average Bonchev–Trinajstić information content (AvgIpc) is 2.28. The van der Waals surface area contributed by atoms with E-state index in [9.17, 15) is 0 Å². The molecule has 4 heteroatoms.